The number of hydrogen-bond donors (Lipinski definition) is 4. The summed E-state index contributed by atoms with van der Waals surface area (Å²) in [4.78, 5) is 15.8. The van der Waals surface area contributed by atoms with Gasteiger partial charge in [0.25, 0.3) is 0 Å². The summed E-state index contributed by atoms with van der Waals surface area (Å²) in [6.07, 6.45) is 10.5. The molecule has 0 aromatic rings. The molecule has 6 heteroatoms. The second-order valence-electron chi connectivity index (χ2n) is 7.42. The summed E-state index contributed by atoms with van der Waals surface area (Å²) >= 11 is 0. The van der Waals surface area contributed by atoms with E-state index in [0.717, 1.165) is 37.8 Å². The van der Waals surface area contributed by atoms with E-state index in [9.17, 15) is 15.0 Å². The van der Waals surface area contributed by atoms with Crippen LogP contribution in [0.25, 0.3) is 0 Å². The topological polar surface area (TPSA) is 99.0 Å². The van der Waals surface area contributed by atoms with Crippen LogP contribution in [0.5, 0.6) is 0 Å². The monoisotopic (exact) mass is 367 g/mol. The fourth-order valence-corrected chi connectivity index (χ4v) is 3.71. The van der Waals surface area contributed by atoms with Crippen LogP contribution in [0.4, 0.5) is 0 Å². The number of carbonyl (C=O) groups is 1. The van der Waals surface area contributed by atoms with Crippen molar-refractivity contribution in [3.05, 3.63) is 23.4 Å². The highest BCUT2D eigenvalue weighted by atomic mass is 16.6. The summed E-state index contributed by atoms with van der Waals surface area (Å²) in [5.74, 6) is -0.594. The smallest absolute Gasteiger partial charge is 0.303 e. The molecule has 0 saturated heterocycles. The van der Waals surface area contributed by atoms with Crippen molar-refractivity contribution in [3.63, 3.8) is 0 Å². The van der Waals surface area contributed by atoms with Crippen LogP contribution in [0.15, 0.2) is 23.4 Å². The first-order chi connectivity index (χ1) is 12.5. The minimum Gasteiger partial charge on any atom is -0.481 e. The average molecular weight is 367 g/mol. The molecule has 2 aliphatic carbocycles. The van der Waals surface area contributed by atoms with E-state index in [1.807, 2.05) is 12.2 Å². The van der Waals surface area contributed by atoms with Crippen molar-refractivity contribution in [2.24, 2.45) is 11.8 Å². The van der Waals surface area contributed by atoms with Gasteiger partial charge in [-0.05, 0) is 31.3 Å². The Morgan fingerprint density at radius 2 is 2.12 bits per heavy atom. The Hall–Kier alpha value is -1.37. The van der Waals surface area contributed by atoms with E-state index in [4.69, 9.17) is 9.94 Å². The van der Waals surface area contributed by atoms with Crippen LogP contribution in [0.1, 0.15) is 64.7 Å². The number of carboxylic acids is 1. The predicted octanol–water partition coefficient (Wildman–Crippen LogP) is 2.91. The van der Waals surface area contributed by atoms with Crippen molar-refractivity contribution in [2.75, 3.05) is 6.61 Å². The lowest BCUT2D eigenvalue weighted by Gasteiger charge is -2.30. The third-order valence-corrected chi connectivity index (χ3v) is 5.33. The van der Waals surface area contributed by atoms with Gasteiger partial charge < -0.3 is 15.3 Å². The maximum absolute atomic E-state index is 10.4. The number of fused-ring (bicyclic) bond motifs is 1. The highest BCUT2D eigenvalue weighted by Gasteiger charge is 2.45. The van der Waals surface area contributed by atoms with E-state index in [-0.39, 0.29) is 18.3 Å². The molecule has 0 bridgehead atoms. The predicted molar refractivity (Wildman–Crippen MR) is 99.1 cm³/mol. The molecule has 0 aliphatic heterocycles. The third-order valence-electron chi connectivity index (χ3n) is 5.33. The van der Waals surface area contributed by atoms with Gasteiger partial charge in [-0.15, -0.1) is 0 Å². The standard InChI is InChI=1S/C20H33NO5/c1-2-3-4-5-7-15(22)10-9-14-12-16-17(20(14)25)13-18(16)21-26-11-6-8-19(23)24/h9-10,14-15,17,20-22,25H,2-8,11-13H2,1H3,(H,23,24)/t14?,15?,17-,20?/m1/s1. The zero-order valence-corrected chi connectivity index (χ0v) is 15.7. The van der Waals surface area contributed by atoms with E-state index in [2.05, 4.69) is 12.4 Å². The Bertz CT molecular complexity index is 516. The lowest BCUT2D eigenvalue weighted by molar-refractivity contribution is -0.137. The molecule has 0 aromatic carbocycles. The fourth-order valence-electron chi connectivity index (χ4n) is 3.71. The van der Waals surface area contributed by atoms with E-state index in [1.54, 1.807) is 0 Å². The number of hydrogen-bond acceptors (Lipinski definition) is 5. The van der Waals surface area contributed by atoms with Gasteiger partial charge in [-0.2, -0.15) is 0 Å². The van der Waals surface area contributed by atoms with Gasteiger partial charge in [0, 0.05) is 24.0 Å². The molecule has 4 N–H and O–H groups in total. The number of unbranched alkanes of at least 4 members (excludes halogenated alkanes) is 3. The third kappa shape index (κ3) is 6.11. The SMILES string of the molecule is CCCCCCC(O)C=CC1CC2=C(NOCCCC(=O)O)C[C@H]2C1O. The summed E-state index contributed by atoms with van der Waals surface area (Å²) in [7, 11) is 0. The molecule has 26 heavy (non-hydrogen) atoms. The first-order valence-corrected chi connectivity index (χ1v) is 9.88. The molecule has 148 valence electrons. The number of carboxylic acid groups (broad SMARTS) is 1. The van der Waals surface area contributed by atoms with Gasteiger partial charge in [-0.1, -0.05) is 44.8 Å². The molecule has 0 radical (unpaired) electrons. The Labute approximate surface area is 155 Å². The van der Waals surface area contributed by atoms with E-state index in [1.165, 1.54) is 18.4 Å². The summed E-state index contributed by atoms with van der Waals surface area (Å²) in [5, 5.41) is 29.1. The zero-order valence-electron chi connectivity index (χ0n) is 15.7. The van der Waals surface area contributed by atoms with Crippen molar-refractivity contribution >= 4 is 5.97 Å². The van der Waals surface area contributed by atoms with Crippen LogP contribution in [0.3, 0.4) is 0 Å². The van der Waals surface area contributed by atoms with Crippen LogP contribution >= 0.6 is 0 Å². The normalized spacial score (nSPS) is 26.0. The largest absolute Gasteiger partial charge is 0.481 e. The number of aliphatic hydroxyl groups is 2. The molecule has 0 heterocycles. The fraction of sp³-hybridized carbons (Fsp3) is 0.750. The molecule has 1 fully saturated rings. The van der Waals surface area contributed by atoms with E-state index < -0.39 is 18.2 Å². The van der Waals surface area contributed by atoms with Gasteiger partial charge in [0.05, 0.1) is 18.8 Å². The molecule has 2 rings (SSSR count). The van der Waals surface area contributed by atoms with Gasteiger partial charge in [-0.3, -0.25) is 15.1 Å². The molecule has 0 amide bonds. The van der Waals surface area contributed by atoms with Gasteiger partial charge in [-0.25, -0.2) is 0 Å². The second kappa shape index (κ2) is 10.7. The Kier molecular flexibility index (Phi) is 8.62. The number of rotatable bonds is 13. The molecular formula is C20H33NO5. The summed E-state index contributed by atoms with van der Waals surface area (Å²) < 4.78 is 0. The van der Waals surface area contributed by atoms with E-state index in [0.29, 0.717) is 13.0 Å². The first-order valence-electron chi connectivity index (χ1n) is 9.88. The average Bonchev–Trinajstić information content (AvgIpc) is 2.83. The molecular weight excluding hydrogens is 334 g/mol. The second-order valence-corrected chi connectivity index (χ2v) is 7.42. The number of aliphatic carboxylic acids is 1. The number of aliphatic hydroxyl groups excluding tert-OH is 2. The van der Waals surface area contributed by atoms with Crippen molar-refractivity contribution < 1.29 is 25.0 Å². The van der Waals surface area contributed by atoms with Crippen molar-refractivity contribution in [1.29, 1.82) is 0 Å². The van der Waals surface area contributed by atoms with Gasteiger partial charge >= 0.3 is 5.97 Å². The number of nitrogens with one attached hydrogen (secondary N) is 1. The lowest BCUT2D eigenvalue weighted by atomic mass is 9.83. The summed E-state index contributed by atoms with van der Waals surface area (Å²) in [6.45, 7) is 2.52. The Morgan fingerprint density at radius 1 is 1.31 bits per heavy atom. The first kappa shape index (κ1) is 20.9. The number of hydroxylamine groups is 1. The maximum Gasteiger partial charge on any atom is 0.303 e. The summed E-state index contributed by atoms with van der Waals surface area (Å²) in [6, 6.07) is 0. The highest BCUT2D eigenvalue weighted by Crippen LogP contribution is 2.48. The van der Waals surface area contributed by atoms with Crippen LogP contribution in [0.2, 0.25) is 0 Å². The Balaban J connectivity index is 1.71. The molecule has 0 aromatic heterocycles. The molecule has 3 unspecified atom stereocenters. The minimum atomic E-state index is -0.819. The van der Waals surface area contributed by atoms with Gasteiger partial charge in [0.2, 0.25) is 0 Å². The van der Waals surface area contributed by atoms with Crippen LogP contribution in [-0.2, 0) is 9.63 Å². The van der Waals surface area contributed by atoms with Gasteiger partial charge in [0.1, 0.15) is 0 Å². The lowest BCUT2D eigenvalue weighted by Crippen LogP contribution is -2.32. The quantitative estimate of drug-likeness (QED) is 0.227. The Morgan fingerprint density at radius 3 is 2.85 bits per heavy atom. The molecule has 1 saturated carbocycles. The van der Waals surface area contributed by atoms with Crippen LogP contribution in [0, 0.1) is 11.8 Å². The van der Waals surface area contributed by atoms with Crippen LogP contribution in [-0.4, -0.2) is 40.1 Å². The zero-order chi connectivity index (χ0) is 18.9. The molecule has 2 aliphatic rings. The van der Waals surface area contributed by atoms with Crippen LogP contribution < -0.4 is 5.48 Å². The van der Waals surface area contributed by atoms with Crippen molar-refractivity contribution in [2.45, 2.75) is 76.9 Å². The maximum atomic E-state index is 10.4. The van der Waals surface area contributed by atoms with E-state index >= 15 is 0 Å². The van der Waals surface area contributed by atoms with Crippen molar-refractivity contribution in [3.8, 4) is 0 Å². The molecule has 4 atom stereocenters. The van der Waals surface area contributed by atoms with Gasteiger partial charge in [0.15, 0.2) is 0 Å². The number of allylic oxidation sites excluding steroid dienone is 1. The minimum absolute atomic E-state index is 0.0478. The summed E-state index contributed by atoms with van der Waals surface area (Å²) in [5.41, 5.74) is 5.12. The van der Waals surface area contributed by atoms with Crippen molar-refractivity contribution in [1.82, 2.24) is 5.48 Å². The molecule has 0 spiro atoms. The highest BCUT2D eigenvalue weighted by molar-refractivity contribution is 5.66. The molecule has 6 nitrogen and oxygen atoms in total.